The minimum atomic E-state index is 0.0703. The molecule has 2 aliphatic heterocycles. The molecular weight excluding hydrogens is 402 g/mol. The molecular formula is C21H22ClN7O. The van der Waals surface area contributed by atoms with E-state index in [1.54, 1.807) is 29.2 Å². The van der Waals surface area contributed by atoms with Crippen LogP contribution in [0.1, 0.15) is 25.3 Å². The van der Waals surface area contributed by atoms with Gasteiger partial charge in [0.25, 0.3) is 0 Å². The molecule has 3 aromatic rings. The van der Waals surface area contributed by atoms with Crippen LogP contribution in [-0.4, -0.2) is 51.6 Å². The molecule has 0 bridgehead atoms. The maximum absolute atomic E-state index is 9.23. The van der Waals surface area contributed by atoms with Gasteiger partial charge in [0, 0.05) is 24.5 Å². The lowest BCUT2D eigenvalue weighted by Crippen LogP contribution is -2.50. The van der Waals surface area contributed by atoms with Gasteiger partial charge in [-0.25, -0.2) is 14.6 Å². The molecule has 2 aromatic heterocycles. The van der Waals surface area contributed by atoms with Gasteiger partial charge in [0.15, 0.2) is 5.65 Å². The van der Waals surface area contributed by atoms with E-state index in [9.17, 15) is 5.26 Å². The lowest BCUT2D eigenvalue weighted by Gasteiger charge is -2.41. The van der Waals surface area contributed by atoms with Crippen molar-refractivity contribution in [2.24, 2.45) is 11.1 Å². The van der Waals surface area contributed by atoms with Crippen LogP contribution in [0.5, 0.6) is 0 Å². The van der Waals surface area contributed by atoms with Crippen molar-refractivity contribution in [2.45, 2.75) is 31.9 Å². The van der Waals surface area contributed by atoms with Gasteiger partial charge in [-0.05, 0) is 31.9 Å². The van der Waals surface area contributed by atoms with Gasteiger partial charge in [-0.1, -0.05) is 17.7 Å². The Morgan fingerprint density at radius 1 is 1.30 bits per heavy atom. The number of piperidine rings is 1. The number of benzene rings is 1. The van der Waals surface area contributed by atoms with Crippen LogP contribution in [-0.2, 0) is 4.74 Å². The highest BCUT2D eigenvalue weighted by Gasteiger charge is 2.47. The number of hydrogen-bond acceptors (Lipinski definition) is 7. The molecule has 30 heavy (non-hydrogen) atoms. The minimum Gasteiger partial charge on any atom is -0.376 e. The fourth-order valence-electron chi connectivity index (χ4n) is 4.56. The first-order valence-corrected chi connectivity index (χ1v) is 10.4. The van der Waals surface area contributed by atoms with E-state index in [-0.39, 0.29) is 17.6 Å². The van der Waals surface area contributed by atoms with Crippen LogP contribution in [0.3, 0.4) is 0 Å². The highest BCUT2D eigenvalue weighted by Crippen LogP contribution is 2.41. The zero-order valence-electron chi connectivity index (χ0n) is 16.6. The highest BCUT2D eigenvalue weighted by molar-refractivity contribution is 6.33. The molecule has 8 nitrogen and oxygen atoms in total. The maximum Gasteiger partial charge on any atom is 0.181 e. The van der Waals surface area contributed by atoms with Crippen LogP contribution < -0.4 is 10.6 Å². The number of nitriles is 1. The molecule has 2 saturated heterocycles. The summed E-state index contributed by atoms with van der Waals surface area (Å²) >= 11 is 6.37. The third-order valence-corrected chi connectivity index (χ3v) is 6.92. The molecule has 4 heterocycles. The van der Waals surface area contributed by atoms with Crippen LogP contribution in [0.2, 0.25) is 5.02 Å². The first kappa shape index (κ1) is 19.2. The molecule has 2 fully saturated rings. The summed E-state index contributed by atoms with van der Waals surface area (Å²) < 4.78 is 7.44. The summed E-state index contributed by atoms with van der Waals surface area (Å²) in [6.07, 6.45) is 5.52. The van der Waals surface area contributed by atoms with E-state index >= 15 is 0 Å². The quantitative estimate of drug-likeness (QED) is 0.675. The normalized spacial score (nSPS) is 23.2. The van der Waals surface area contributed by atoms with Gasteiger partial charge in [0.05, 0.1) is 41.4 Å². The molecule has 0 saturated carbocycles. The lowest BCUT2D eigenvalue weighted by atomic mass is 9.73. The second-order valence-electron chi connectivity index (χ2n) is 8.14. The van der Waals surface area contributed by atoms with Gasteiger partial charge in [-0.15, -0.1) is 0 Å². The Kier molecular flexibility index (Phi) is 4.62. The van der Waals surface area contributed by atoms with Crippen LogP contribution >= 0.6 is 11.6 Å². The van der Waals surface area contributed by atoms with Gasteiger partial charge in [0.1, 0.15) is 17.4 Å². The SMILES string of the molecule is C[C@@H]1OCC2(CCN(c3cnc4c(cnn4-c4cccc(C#N)c4Cl)n3)CC2)[C@@H]1N. The minimum absolute atomic E-state index is 0.0703. The second-order valence-corrected chi connectivity index (χ2v) is 8.51. The Bertz CT molecular complexity index is 1150. The van der Waals surface area contributed by atoms with Crippen LogP contribution in [0.25, 0.3) is 16.9 Å². The summed E-state index contributed by atoms with van der Waals surface area (Å²) in [7, 11) is 0. The lowest BCUT2D eigenvalue weighted by molar-refractivity contribution is 0.0974. The Morgan fingerprint density at radius 3 is 2.80 bits per heavy atom. The first-order chi connectivity index (χ1) is 14.5. The maximum atomic E-state index is 9.23. The van der Waals surface area contributed by atoms with Crippen molar-refractivity contribution in [3.8, 4) is 11.8 Å². The van der Waals surface area contributed by atoms with Crippen LogP contribution in [0, 0.1) is 16.7 Å². The fourth-order valence-corrected chi connectivity index (χ4v) is 4.80. The smallest absolute Gasteiger partial charge is 0.181 e. The van der Waals surface area contributed by atoms with Crippen molar-refractivity contribution < 1.29 is 4.74 Å². The standard InChI is InChI=1S/C21H22ClN7O/c1-13-19(24)21(12-30-13)5-7-28(8-6-21)17-11-25-20-15(27-17)10-26-29(20)16-4-2-3-14(9-23)18(16)22/h2-4,10-11,13,19H,5-8,12,24H2,1H3/t13-,19+/m0/s1. The van der Waals surface area contributed by atoms with Crippen LogP contribution in [0.4, 0.5) is 5.82 Å². The summed E-state index contributed by atoms with van der Waals surface area (Å²) in [6, 6.07) is 7.43. The van der Waals surface area contributed by atoms with Crippen molar-refractivity contribution in [1.29, 1.82) is 5.26 Å². The third-order valence-electron chi connectivity index (χ3n) is 6.52. The molecule has 0 radical (unpaired) electrons. The molecule has 1 spiro atoms. The summed E-state index contributed by atoms with van der Waals surface area (Å²) in [6.45, 7) is 4.53. The van der Waals surface area contributed by atoms with Gasteiger partial charge in [-0.2, -0.15) is 10.4 Å². The highest BCUT2D eigenvalue weighted by atomic mass is 35.5. The van der Waals surface area contributed by atoms with Crippen molar-refractivity contribution >= 4 is 28.6 Å². The molecule has 1 aromatic carbocycles. The van der Waals surface area contributed by atoms with Crippen molar-refractivity contribution in [3.63, 3.8) is 0 Å². The molecule has 0 unspecified atom stereocenters. The Balaban J connectivity index is 1.41. The Labute approximate surface area is 179 Å². The zero-order chi connectivity index (χ0) is 20.9. The number of rotatable bonds is 2. The fraction of sp³-hybridized carbons (Fsp3) is 0.429. The molecule has 2 atom stereocenters. The number of hydrogen-bond donors (Lipinski definition) is 1. The van der Waals surface area contributed by atoms with Crippen molar-refractivity contribution in [1.82, 2.24) is 19.7 Å². The van der Waals surface area contributed by atoms with E-state index in [4.69, 9.17) is 27.1 Å². The van der Waals surface area contributed by atoms with Gasteiger partial charge in [-0.3, -0.25) is 0 Å². The number of nitrogens with two attached hydrogens (primary N) is 1. The molecule has 2 aliphatic rings. The first-order valence-electron chi connectivity index (χ1n) is 10.0. The number of ether oxygens (including phenoxy) is 1. The molecule has 0 aliphatic carbocycles. The molecule has 9 heteroatoms. The number of nitrogens with zero attached hydrogens (tertiary/aromatic N) is 6. The zero-order valence-corrected chi connectivity index (χ0v) is 17.4. The van der Waals surface area contributed by atoms with Gasteiger partial charge < -0.3 is 15.4 Å². The van der Waals surface area contributed by atoms with E-state index in [0.29, 0.717) is 27.4 Å². The van der Waals surface area contributed by atoms with E-state index < -0.39 is 0 Å². The van der Waals surface area contributed by atoms with E-state index in [2.05, 4.69) is 28.0 Å². The number of aromatic nitrogens is 4. The predicted molar refractivity (Wildman–Crippen MR) is 114 cm³/mol. The van der Waals surface area contributed by atoms with E-state index in [1.807, 2.05) is 6.07 Å². The van der Waals surface area contributed by atoms with E-state index in [0.717, 1.165) is 38.4 Å². The molecule has 5 rings (SSSR count). The number of fused-ring (bicyclic) bond motifs is 1. The topological polar surface area (TPSA) is 106 Å². The number of halogens is 1. The predicted octanol–water partition coefficient (Wildman–Crippen LogP) is 2.67. The van der Waals surface area contributed by atoms with E-state index in [1.165, 1.54) is 0 Å². The largest absolute Gasteiger partial charge is 0.376 e. The average molecular weight is 424 g/mol. The summed E-state index contributed by atoms with van der Waals surface area (Å²) in [5.41, 5.74) is 8.78. The molecule has 154 valence electrons. The van der Waals surface area contributed by atoms with Crippen LogP contribution in [0.15, 0.2) is 30.6 Å². The molecule has 0 amide bonds. The second kappa shape index (κ2) is 7.20. The Hall–Kier alpha value is -2.73. The Morgan fingerprint density at radius 2 is 2.10 bits per heavy atom. The van der Waals surface area contributed by atoms with Gasteiger partial charge >= 0.3 is 0 Å². The van der Waals surface area contributed by atoms with Gasteiger partial charge in [0.2, 0.25) is 0 Å². The summed E-state index contributed by atoms with van der Waals surface area (Å²) in [5, 5.41) is 14.0. The molecule has 2 N–H and O–H groups in total. The van der Waals surface area contributed by atoms with Crippen molar-refractivity contribution in [3.05, 3.63) is 41.2 Å². The van der Waals surface area contributed by atoms with Crippen molar-refractivity contribution in [2.75, 3.05) is 24.6 Å². The average Bonchev–Trinajstić information content (AvgIpc) is 3.31. The third kappa shape index (κ3) is 2.93. The summed E-state index contributed by atoms with van der Waals surface area (Å²) in [4.78, 5) is 11.6. The number of anilines is 1. The summed E-state index contributed by atoms with van der Waals surface area (Å²) in [5.74, 6) is 0.828. The monoisotopic (exact) mass is 423 g/mol.